The molecule has 1 saturated heterocycles. The van der Waals surface area contributed by atoms with Crippen LogP contribution >= 0.6 is 0 Å². The van der Waals surface area contributed by atoms with Crippen molar-refractivity contribution >= 4 is 0 Å². The van der Waals surface area contributed by atoms with Gasteiger partial charge >= 0.3 is 0 Å². The summed E-state index contributed by atoms with van der Waals surface area (Å²) in [5.41, 5.74) is 0. The van der Waals surface area contributed by atoms with Gasteiger partial charge in [-0.15, -0.1) is 6.58 Å². The standard InChI is InChI=1S/C8H15N/c1-3-7(2)8-5-4-6-9-8/h3,7-9H,1,4-6H2,2H3/t7-,8+/m0/s1. The van der Waals surface area contributed by atoms with Crippen LogP contribution in [0.4, 0.5) is 0 Å². The van der Waals surface area contributed by atoms with Crippen molar-refractivity contribution < 1.29 is 0 Å². The van der Waals surface area contributed by atoms with Crippen molar-refractivity contribution in [1.29, 1.82) is 0 Å². The lowest BCUT2D eigenvalue weighted by Gasteiger charge is -2.14. The van der Waals surface area contributed by atoms with Gasteiger partial charge in [0.15, 0.2) is 0 Å². The molecule has 1 nitrogen and oxygen atoms in total. The minimum absolute atomic E-state index is 0.646. The van der Waals surface area contributed by atoms with Crippen LogP contribution in [0.2, 0.25) is 0 Å². The van der Waals surface area contributed by atoms with Crippen molar-refractivity contribution in [3.8, 4) is 0 Å². The molecule has 0 aromatic heterocycles. The smallest absolute Gasteiger partial charge is 0.0128 e. The van der Waals surface area contributed by atoms with Crippen molar-refractivity contribution in [2.75, 3.05) is 6.54 Å². The van der Waals surface area contributed by atoms with E-state index in [1.165, 1.54) is 19.4 Å². The molecular formula is C8H15N. The second-order valence-electron chi connectivity index (χ2n) is 2.80. The lowest BCUT2D eigenvalue weighted by atomic mass is 10.0. The highest BCUT2D eigenvalue weighted by Crippen LogP contribution is 2.14. The third-order valence-electron chi connectivity index (χ3n) is 2.10. The number of rotatable bonds is 2. The van der Waals surface area contributed by atoms with Gasteiger partial charge < -0.3 is 5.32 Å². The van der Waals surface area contributed by atoms with Gasteiger partial charge in [-0.2, -0.15) is 0 Å². The highest BCUT2D eigenvalue weighted by molar-refractivity contribution is 4.88. The predicted molar refractivity (Wildman–Crippen MR) is 40.4 cm³/mol. The van der Waals surface area contributed by atoms with Gasteiger partial charge in [-0.05, 0) is 25.3 Å². The normalized spacial score (nSPS) is 30.1. The monoisotopic (exact) mass is 125 g/mol. The number of hydrogen-bond donors (Lipinski definition) is 1. The first-order chi connectivity index (χ1) is 4.34. The average Bonchev–Trinajstić information content (AvgIpc) is 2.37. The molecular weight excluding hydrogens is 110 g/mol. The molecule has 1 N–H and O–H groups in total. The van der Waals surface area contributed by atoms with E-state index in [0.29, 0.717) is 12.0 Å². The van der Waals surface area contributed by atoms with Crippen molar-refractivity contribution in [2.45, 2.75) is 25.8 Å². The van der Waals surface area contributed by atoms with E-state index in [1.807, 2.05) is 6.08 Å². The molecule has 1 heterocycles. The molecule has 0 bridgehead atoms. The lowest BCUT2D eigenvalue weighted by Crippen LogP contribution is -2.27. The van der Waals surface area contributed by atoms with Gasteiger partial charge in [0.25, 0.3) is 0 Å². The topological polar surface area (TPSA) is 12.0 Å². The van der Waals surface area contributed by atoms with Crippen LogP contribution in [-0.2, 0) is 0 Å². The van der Waals surface area contributed by atoms with Crippen LogP contribution in [0.25, 0.3) is 0 Å². The molecule has 0 unspecified atom stereocenters. The van der Waals surface area contributed by atoms with E-state index < -0.39 is 0 Å². The van der Waals surface area contributed by atoms with Crippen LogP contribution in [0.3, 0.4) is 0 Å². The highest BCUT2D eigenvalue weighted by Gasteiger charge is 2.17. The molecule has 0 aromatic rings. The van der Waals surface area contributed by atoms with Gasteiger partial charge in [0.1, 0.15) is 0 Å². The second kappa shape index (κ2) is 3.02. The summed E-state index contributed by atoms with van der Waals surface area (Å²) in [5.74, 6) is 0.646. The van der Waals surface area contributed by atoms with Crippen LogP contribution < -0.4 is 5.32 Å². The Kier molecular flexibility index (Phi) is 2.29. The third kappa shape index (κ3) is 1.55. The van der Waals surface area contributed by atoms with E-state index in [2.05, 4.69) is 18.8 Å². The van der Waals surface area contributed by atoms with Gasteiger partial charge in [0, 0.05) is 6.04 Å². The first-order valence-electron chi connectivity index (χ1n) is 3.70. The van der Waals surface area contributed by atoms with E-state index in [0.717, 1.165) is 0 Å². The van der Waals surface area contributed by atoms with Crippen LogP contribution in [-0.4, -0.2) is 12.6 Å². The first kappa shape index (κ1) is 6.81. The molecule has 0 saturated carbocycles. The summed E-state index contributed by atoms with van der Waals surface area (Å²) in [7, 11) is 0. The van der Waals surface area contributed by atoms with Crippen molar-refractivity contribution in [3.05, 3.63) is 12.7 Å². The Morgan fingerprint density at radius 1 is 1.78 bits per heavy atom. The zero-order chi connectivity index (χ0) is 6.69. The molecule has 1 aliphatic heterocycles. The van der Waals surface area contributed by atoms with Crippen LogP contribution in [0.15, 0.2) is 12.7 Å². The molecule has 0 aliphatic carbocycles. The summed E-state index contributed by atoms with van der Waals surface area (Å²) in [6.45, 7) is 7.18. The molecule has 0 amide bonds. The first-order valence-corrected chi connectivity index (χ1v) is 3.70. The maximum Gasteiger partial charge on any atom is 0.0128 e. The largest absolute Gasteiger partial charge is 0.313 e. The fraction of sp³-hybridized carbons (Fsp3) is 0.750. The zero-order valence-electron chi connectivity index (χ0n) is 6.06. The van der Waals surface area contributed by atoms with E-state index >= 15 is 0 Å². The number of hydrogen-bond acceptors (Lipinski definition) is 1. The molecule has 1 rings (SSSR count). The van der Waals surface area contributed by atoms with Crippen molar-refractivity contribution in [2.24, 2.45) is 5.92 Å². The Bertz CT molecular complexity index is 92.7. The summed E-state index contributed by atoms with van der Waals surface area (Å²) in [6, 6.07) is 0.711. The van der Waals surface area contributed by atoms with Crippen molar-refractivity contribution in [3.63, 3.8) is 0 Å². The molecule has 2 atom stereocenters. The Labute approximate surface area is 57.1 Å². The fourth-order valence-corrected chi connectivity index (χ4v) is 1.32. The van der Waals surface area contributed by atoms with Gasteiger partial charge in [0.2, 0.25) is 0 Å². The Hall–Kier alpha value is -0.300. The summed E-state index contributed by atoms with van der Waals surface area (Å²) >= 11 is 0. The maximum atomic E-state index is 3.77. The van der Waals surface area contributed by atoms with Gasteiger partial charge in [0.05, 0.1) is 0 Å². The molecule has 9 heavy (non-hydrogen) atoms. The average molecular weight is 125 g/mol. The van der Waals surface area contributed by atoms with E-state index in [-0.39, 0.29) is 0 Å². The summed E-state index contributed by atoms with van der Waals surface area (Å²) in [5, 5.41) is 3.44. The van der Waals surface area contributed by atoms with E-state index in [9.17, 15) is 0 Å². The van der Waals surface area contributed by atoms with Gasteiger partial charge in [-0.25, -0.2) is 0 Å². The minimum Gasteiger partial charge on any atom is -0.313 e. The molecule has 1 aliphatic rings. The summed E-state index contributed by atoms with van der Waals surface area (Å²) in [6.07, 6.45) is 4.69. The number of nitrogens with one attached hydrogen (secondary N) is 1. The van der Waals surface area contributed by atoms with Gasteiger partial charge in [-0.3, -0.25) is 0 Å². The second-order valence-corrected chi connectivity index (χ2v) is 2.80. The third-order valence-corrected chi connectivity index (χ3v) is 2.10. The Morgan fingerprint density at radius 2 is 2.56 bits per heavy atom. The van der Waals surface area contributed by atoms with Crippen molar-refractivity contribution in [1.82, 2.24) is 5.32 Å². The van der Waals surface area contributed by atoms with Crippen LogP contribution in [0.5, 0.6) is 0 Å². The molecule has 0 radical (unpaired) electrons. The molecule has 1 heteroatoms. The molecule has 1 fully saturated rings. The predicted octanol–water partition coefficient (Wildman–Crippen LogP) is 1.56. The van der Waals surface area contributed by atoms with Crippen LogP contribution in [0.1, 0.15) is 19.8 Å². The Balaban J connectivity index is 2.32. The molecule has 0 aromatic carbocycles. The highest BCUT2D eigenvalue weighted by atomic mass is 14.9. The minimum atomic E-state index is 0.646. The lowest BCUT2D eigenvalue weighted by molar-refractivity contribution is 0.493. The quantitative estimate of drug-likeness (QED) is 0.552. The van der Waals surface area contributed by atoms with E-state index in [1.54, 1.807) is 0 Å². The molecule has 52 valence electrons. The SMILES string of the molecule is C=C[C@H](C)[C@H]1CCCN1. The van der Waals surface area contributed by atoms with Crippen LogP contribution in [0, 0.1) is 5.92 Å². The fourth-order valence-electron chi connectivity index (χ4n) is 1.32. The maximum absolute atomic E-state index is 3.77. The van der Waals surface area contributed by atoms with E-state index in [4.69, 9.17) is 0 Å². The Morgan fingerprint density at radius 3 is 3.00 bits per heavy atom. The van der Waals surface area contributed by atoms with Gasteiger partial charge in [-0.1, -0.05) is 13.0 Å². The summed E-state index contributed by atoms with van der Waals surface area (Å²) in [4.78, 5) is 0. The summed E-state index contributed by atoms with van der Waals surface area (Å²) < 4.78 is 0. The molecule has 0 spiro atoms. The zero-order valence-corrected chi connectivity index (χ0v) is 6.06.